The number of nitrogens with zero attached hydrogens (tertiary/aromatic N) is 2. The summed E-state index contributed by atoms with van der Waals surface area (Å²) >= 11 is 5.86. The molecule has 1 N–H and O–H groups in total. The van der Waals surface area contributed by atoms with Gasteiger partial charge in [-0.3, -0.25) is 4.90 Å². The number of hydrogen-bond donors (Lipinski definition) is 1. The van der Waals surface area contributed by atoms with Crippen LogP contribution in [0, 0.1) is 0 Å². The summed E-state index contributed by atoms with van der Waals surface area (Å²) in [6.07, 6.45) is 6.29. The van der Waals surface area contributed by atoms with Gasteiger partial charge in [-0.1, -0.05) is 60.1 Å². The van der Waals surface area contributed by atoms with E-state index in [0.29, 0.717) is 5.02 Å². The number of rotatable bonds is 6. The summed E-state index contributed by atoms with van der Waals surface area (Å²) < 4.78 is 0. The van der Waals surface area contributed by atoms with E-state index in [9.17, 15) is 0 Å². The second-order valence-corrected chi connectivity index (χ2v) is 7.39. The average molecular weight is 378 g/mol. The molecule has 0 bridgehead atoms. The van der Waals surface area contributed by atoms with E-state index in [2.05, 4.69) is 63.7 Å². The molecule has 3 aromatic rings. The number of fused-ring (bicyclic) bond motifs is 1. The zero-order chi connectivity index (χ0) is 18.5. The van der Waals surface area contributed by atoms with Gasteiger partial charge in [0.2, 0.25) is 0 Å². The minimum atomic E-state index is 0.669. The van der Waals surface area contributed by atoms with E-state index in [1.165, 1.54) is 21.9 Å². The molecule has 1 aromatic heterocycles. The van der Waals surface area contributed by atoms with Gasteiger partial charge < -0.3 is 5.32 Å². The maximum Gasteiger partial charge on any atom is 0.125 e. The van der Waals surface area contributed by atoms with Gasteiger partial charge >= 0.3 is 0 Å². The lowest BCUT2D eigenvalue weighted by Gasteiger charge is -2.27. The molecule has 4 heteroatoms. The molecule has 0 saturated carbocycles. The van der Waals surface area contributed by atoms with E-state index < -0.39 is 0 Å². The molecule has 2 heterocycles. The molecule has 0 unspecified atom stereocenters. The minimum absolute atomic E-state index is 0.669. The number of nitrogens with one attached hydrogen (secondary N) is 1. The van der Waals surface area contributed by atoms with Gasteiger partial charge in [-0.15, -0.1) is 0 Å². The second-order valence-electron chi connectivity index (χ2n) is 6.95. The van der Waals surface area contributed by atoms with Crippen LogP contribution in [0.4, 0.5) is 5.82 Å². The van der Waals surface area contributed by atoms with Crippen LogP contribution in [-0.4, -0.2) is 36.1 Å². The summed E-state index contributed by atoms with van der Waals surface area (Å²) in [6.45, 7) is 4.16. The average Bonchev–Trinajstić information content (AvgIpc) is 2.73. The van der Waals surface area contributed by atoms with Gasteiger partial charge in [0.1, 0.15) is 5.82 Å². The molecule has 0 saturated heterocycles. The maximum absolute atomic E-state index is 5.86. The van der Waals surface area contributed by atoms with Gasteiger partial charge in [-0.05, 0) is 46.9 Å². The minimum Gasteiger partial charge on any atom is -0.370 e. The largest absolute Gasteiger partial charge is 0.370 e. The highest BCUT2D eigenvalue weighted by Crippen LogP contribution is 2.29. The highest BCUT2D eigenvalue weighted by Gasteiger charge is 2.14. The molecule has 0 aliphatic carbocycles. The first-order valence-electron chi connectivity index (χ1n) is 9.54. The van der Waals surface area contributed by atoms with Crippen molar-refractivity contribution in [2.24, 2.45) is 0 Å². The van der Waals surface area contributed by atoms with Crippen molar-refractivity contribution in [3.8, 4) is 0 Å². The van der Waals surface area contributed by atoms with Gasteiger partial charge in [0.05, 0.1) is 5.02 Å². The molecule has 27 heavy (non-hydrogen) atoms. The monoisotopic (exact) mass is 377 g/mol. The first-order valence-corrected chi connectivity index (χ1v) is 9.92. The summed E-state index contributed by atoms with van der Waals surface area (Å²) in [4.78, 5) is 6.78. The van der Waals surface area contributed by atoms with Gasteiger partial charge in [0.15, 0.2) is 0 Å². The Labute approximate surface area is 165 Å². The molecule has 1 aliphatic rings. The van der Waals surface area contributed by atoms with Gasteiger partial charge in [0.25, 0.3) is 0 Å². The number of hydrogen-bond acceptors (Lipinski definition) is 3. The molecule has 0 spiro atoms. The van der Waals surface area contributed by atoms with E-state index in [4.69, 9.17) is 11.6 Å². The van der Waals surface area contributed by atoms with Crippen LogP contribution >= 0.6 is 11.6 Å². The highest BCUT2D eigenvalue weighted by molar-refractivity contribution is 6.30. The zero-order valence-corrected chi connectivity index (χ0v) is 16.1. The Balaban J connectivity index is 1.30. The van der Waals surface area contributed by atoms with Crippen LogP contribution in [0.3, 0.4) is 0 Å². The quantitative estimate of drug-likeness (QED) is 0.576. The Morgan fingerprint density at radius 1 is 1.04 bits per heavy atom. The molecular formula is C23H24ClN3. The molecule has 0 radical (unpaired) electrons. The lowest BCUT2D eigenvalue weighted by atomic mass is 9.94. The Hall–Kier alpha value is -2.36. The van der Waals surface area contributed by atoms with E-state index >= 15 is 0 Å². The van der Waals surface area contributed by atoms with Crippen molar-refractivity contribution >= 4 is 33.8 Å². The van der Waals surface area contributed by atoms with Crippen LogP contribution in [0.2, 0.25) is 5.02 Å². The molecule has 0 fully saturated rings. The summed E-state index contributed by atoms with van der Waals surface area (Å²) in [5, 5.41) is 6.70. The van der Waals surface area contributed by atoms with Crippen LogP contribution < -0.4 is 5.32 Å². The third-order valence-corrected chi connectivity index (χ3v) is 5.34. The van der Waals surface area contributed by atoms with E-state index in [1.54, 1.807) is 6.20 Å². The Bertz CT molecular complexity index is 929. The SMILES string of the molecule is Clc1ccc(NCCCN2CC=C(c3cccc4ccccc34)CC2)nc1. The summed E-state index contributed by atoms with van der Waals surface area (Å²) in [5.41, 5.74) is 2.87. The van der Waals surface area contributed by atoms with Crippen molar-refractivity contribution in [1.82, 2.24) is 9.88 Å². The highest BCUT2D eigenvalue weighted by atomic mass is 35.5. The van der Waals surface area contributed by atoms with Crippen molar-refractivity contribution in [3.05, 3.63) is 77.5 Å². The number of aromatic nitrogens is 1. The number of halogens is 1. The third-order valence-electron chi connectivity index (χ3n) is 5.11. The fraction of sp³-hybridized carbons (Fsp3) is 0.261. The first-order chi connectivity index (χ1) is 13.3. The normalized spacial score (nSPS) is 14.9. The lowest BCUT2D eigenvalue weighted by molar-refractivity contribution is 0.301. The van der Waals surface area contributed by atoms with Crippen LogP contribution in [0.15, 0.2) is 66.9 Å². The molecule has 0 amide bonds. The summed E-state index contributed by atoms with van der Waals surface area (Å²) in [7, 11) is 0. The standard InChI is InChI=1S/C23H24ClN3/c24-20-9-10-23(26-17-20)25-13-4-14-27-15-11-19(12-16-27)22-8-3-6-18-5-1-2-7-21(18)22/h1-3,5-11,17H,4,12-16H2,(H,25,26). The topological polar surface area (TPSA) is 28.2 Å². The van der Waals surface area contributed by atoms with Crippen LogP contribution in [-0.2, 0) is 0 Å². The molecule has 4 rings (SSSR count). The van der Waals surface area contributed by atoms with Crippen molar-refractivity contribution in [2.75, 3.05) is 31.5 Å². The lowest BCUT2D eigenvalue weighted by Crippen LogP contribution is -2.30. The molecule has 0 atom stereocenters. The third kappa shape index (κ3) is 4.49. The van der Waals surface area contributed by atoms with Crippen LogP contribution in [0.1, 0.15) is 18.4 Å². The smallest absolute Gasteiger partial charge is 0.125 e. The van der Waals surface area contributed by atoms with Gasteiger partial charge in [-0.25, -0.2) is 4.98 Å². The molecule has 1 aliphatic heterocycles. The summed E-state index contributed by atoms with van der Waals surface area (Å²) in [6, 6.07) is 19.1. The van der Waals surface area contributed by atoms with E-state index in [-0.39, 0.29) is 0 Å². The summed E-state index contributed by atoms with van der Waals surface area (Å²) in [5.74, 6) is 0.885. The fourth-order valence-corrected chi connectivity index (χ4v) is 3.78. The number of anilines is 1. The predicted molar refractivity (Wildman–Crippen MR) is 115 cm³/mol. The molecule has 138 valence electrons. The molecule has 3 nitrogen and oxygen atoms in total. The van der Waals surface area contributed by atoms with Crippen LogP contribution in [0.5, 0.6) is 0 Å². The van der Waals surface area contributed by atoms with Crippen molar-refractivity contribution < 1.29 is 0 Å². The zero-order valence-electron chi connectivity index (χ0n) is 15.4. The second kappa shape index (κ2) is 8.55. The van der Waals surface area contributed by atoms with Crippen LogP contribution in [0.25, 0.3) is 16.3 Å². The number of pyridine rings is 1. The van der Waals surface area contributed by atoms with Gasteiger partial charge in [0, 0.05) is 32.4 Å². The maximum atomic E-state index is 5.86. The van der Waals surface area contributed by atoms with E-state index in [1.807, 2.05) is 12.1 Å². The number of benzene rings is 2. The first kappa shape index (κ1) is 18.0. The Morgan fingerprint density at radius 3 is 2.74 bits per heavy atom. The fourth-order valence-electron chi connectivity index (χ4n) is 3.66. The van der Waals surface area contributed by atoms with Crippen molar-refractivity contribution in [1.29, 1.82) is 0 Å². The molecular weight excluding hydrogens is 354 g/mol. The van der Waals surface area contributed by atoms with E-state index in [0.717, 1.165) is 44.8 Å². The molecule has 2 aromatic carbocycles. The predicted octanol–water partition coefficient (Wildman–Crippen LogP) is 5.48. The van der Waals surface area contributed by atoms with Crippen molar-refractivity contribution in [2.45, 2.75) is 12.8 Å². The van der Waals surface area contributed by atoms with Crippen molar-refractivity contribution in [3.63, 3.8) is 0 Å². The Morgan fingerprint density at radius 2 is 1.93 bits per heavy atom. The van der Waals surface area contributed by atoms with Gasteiger partial charge in [-0.2, -0.15) is 0 Å². The Kier molecular flexibility index (Phi) is 5.71.